The molecule has 2 amide bonds. The van der Waals surface area contributed by atoms with Crippen LogP contribution in [-0.2, 0) is 17.8 Å². The fraction of sp³-hybridized carbons (Fsp3) is 0.185. The molecule has 8 heteroatoms. The molecule has 0 fully saturated rings. The van der Waals surface area contributed by atoms with E-state index in [1.165, 1.54) is 19.2 Å². The minimum Gasteiger partial charge on any atom is -0.497 e. The van der Waals surface area contributed by atoms with Crippen LogP contribution < -0.4 is 15.0 Å². The molecule has 0 aromatic heterocycles. The van der Waals surface area contributed by atoms with Crippen LogP contribution in [0.5, 0.6) is 11.5 Å². The lowest BCUT2D eigenvalue weighted by molar-refractivity contribution is -0.125. The van der Waals surface area contributed by atoms with Crippen molar-refractivity contribution in [2.75, 3.05) is 20.8 Å². The Morgan fingerprint density at radius 1 is 0.971 bits per heavy atom. The van der Waals surface area contributed by atoms with E-state index in [1.54, 1.807) is 66.0 Å². The van der Waals surface area contributed by atoms with Crippen molar-refractivity contribution in [2.24, 2.45) is 0 Å². The molecular weight excluding hydrogens is 451 g/mol. The Morgan fingerprint density at radius 3 is 2.40 bits per heavy atom. The van der Waals surface area contributed by atoms with Crippen LogP contribution in [0.15, 0.2) is 60.7 Å². The number of benzene rings is 3. The van der Waals surface area contributed by atoms with Crippen LogP contribution in [0.2, 0.25) is 0 Å². The van der Waals surface area contributed by atoms with Gasteiger partial charge in [-0.1, -0.05) is 18.2 Å². The van der Waals surface area contributed by atoms with Gasteiger partial charge in [-0.15, -0.1) is 0 Å². The largest absolute Gasteiger partial charge is 0.497 e. The van der Waals surface area contributed by atoms with Crippen molar-refractivity contribution in [2.45, 2.75) is 13.0 Å². The van der Waals surface area contributed by atoms with Crippen LogP contribution in [0, 0.1) is 5.82 Å². The summed E-state index contributed by atoms with van der Waals surface area (Å²) in [4.78, 5) is 27.3. The summed E-state index contributed by atoms with van der Waals surface area (Å²) in [7, 11) is 3.09. The Bertz CT molecular complexity index is 1290. The molecule has 0 saturated heterocycles. The van der Waals surface area contributed by atoms with Gasteiger partial charge < -0.3 is 14.4 Å². The number of methoxy groups -OCH3 is 2. The fourth-order valence-corrected chi connectivity index (χ4v) is 4.10. The third-order valence-corrected chi connectivity index (χ3v) is 6.00. The smallest absolute Gasteiger partial charge is 0.274 e. The first-order valence-corrected chi connectivity index (χ1v) is 11.0. The lowest BCUT2D eigenvalue weighted by Gasteiger charge is -2.30. The highest BCUT2D eigenvalue weighted by Crippen LogP contribution is 2.31. The normalized spacial score (nSPS) is 13.1. The van der Waals surface area contributed by atoms with Crippen molar-refractivity contribution in [1.82, 2.24) is 10.4 Å². The van der Waals surface area contributed by atoms with E-state index in [0.29, 0.717) is 53.3 Å². The van der Waals surface area contributed by atoms with Crippen molar-refractivity contribution in [3.05, 3.63) is 94.3 Å². The Balaban J connectivity index is 1.72. The van der Waals surface area contributed by atoms with Gasteiger partial charge in [0.15, 0.2) is 0 Å². The second-order valence-corrected chi connectivity index (χ2v) is 8.07. The summed E-state index contributed by atoms with van der Waals surface area (Å²) in [5.74, 6) is -0.111. The van der Waals surface area contributed by atoms with Gasteiger partial charge in [0, 0.05) is 35.9 Å². The van der Waals surface area contributed by atoms with Gasteiger partial charge in [0.05, 0.1) is 14.2 Å². The van der Waals surface area contributed by atoms with Gasteiger partial charge in [-0.25, -0.2) is 9.87 Å². The third-order valence-electron chi connectivity index (χ3n) is 6.00. The van der Waals surface area contributed by atoms with Crippen LogP contribution in [0.4, 0.5) is 4.39 Å². The maximum atomic E-state index is 13.8. The van der Waals surface area contributed by atoms with Gasteiger partial charge in [-0.3, -0.25) is 14.8 Å². The highest BCUT2D eigenvalue weighted by molar-refractivity contribution is 6.24. The summed E-state index contributed by atoms with van der Waals surface area (Å²) >= 11 is 0. The minimum atomic E-state index is -0.616. The molecule has 0 spiro atoms. The molecule has 1 aliphatic heterocycles. The minimum absolute atomic E-state index is 0.239. The van der Waals surface area contributed by atoms with Crippen molar-refractivity contribution in [1.29, 1.82) is 0 Å². The van der Waals surface area contributed by atoms with Crippen molar-refractivity contribution < 1.29 is 28.7 Å². The average molecular weight is 477 g/mol. The molecule has 1 heterocycles. The highest BCUT2D eigenvalue weighted by atomic mass is 19.1. The van der Waals surface area contributed by atoms with Crippen LogP contribution in [-0.4, -0.2) is 42.7 Å². The van der Waals surface area contributed by atoms with Gasteiger partial charge in [0.1, 0.15) is 17.3 Å². The lowest BCUT2D eigenvalue weighted by atomic mass is 9.95. The summed E-state index contributed by atoms with van der Waals surface area (Å²) < 4.78 is 24.4. The number of nitrogens with zero attached hydrogens (tertiary/aromatic N) is 1. The fourth-order valence-electron chi connectivity index (χ4n) is 4.10. The molecule has 0 bridgehead atoms. The predicted molar refractivity (Wildman–Crippen MR) is 129 cm³/mol. The topological polar surface area (TPSA) is 88.1 Å². The van der Waals surface area contributed by atoms with E-state index >= 15 is 0 Å². The molecule has 7 nitrogen and oxygen atoms in total. The zero-order chi connectivity index (χ0) is 24.9. The quantitative estimate of drug-likeness (QED) is 0.242. The molecule has 1 aliphatic rings. The standard InChI is InChI=1S/C27H25FN2O5/c1-34-23-10-7-19(25(15-23)35-2)14-24(18-5-8-22(28)9-6-18)27(32)30-12-11-17-3-4-20(26(31)29-33)13-21(17)16-30/h3-10,13-15,33H,11-12,16H2,1-2H3,(H,29,31)/b24-14+. The van der Waals surface area contributed by atoms with Crippen LogP contribution in [0.25, 0.3) is 11.6 Å². The number of carbonyl (C=O) groups is 2. The molecule has 0 unspecified atom stereocenters. The van der Waals surface area contributed by atoms with E-state index in [1.807, 2.05) is 6.07 Å². The van der Waals surface area contributed by atoms with E-state index in [-0.39, 0.29) is 5.91 Å². The zero-order valence-electron chi connectivity index (χ0n) is 19.4. The number of halogens is 1. The number of carbonyl (C=O) groups excluding carboxylic acids is 2. The second kappa shape index (κ2) is 10.4. The van der Waals surface area contributed by atoms with Crippen LogP contribution >= 0.6 is 0 Å². The summed E-state index contributed by atoms with van der Waals surface area (Å²) in [6.07, 6.45) is 2.34. The summed E-state index contributed by atoms with van der Waals surface area (Å²) in [5.41, 5.74) is 5.40. The Labute approximate surface area is 202 Å². The summed E-state index contributed by atoms with van der Waals surface area (Å²) in [6.45, 7) is 0.772. The molecule has 4 rings (SSSR count). The van der Waals surface area contributed by atoms with Gasteiger partial charge in [0.25, 0.3) is 11.8 Å². The van der Waals surface area contributed by atoms with E-state index < -0.39 is 11.7 Å². The second-order valence-electron chi connectivity index (χ2n) is 8.07. The molecule has 35 heavy (non-hydrogen) atoms. The maximum absolute atomic E-state index is 13.8. The Hall–Kier alpha value is -4.17. The average Bonchev–Trinajstić information content (AvgIpc) is 2.90. The summed E-state index contributed by atoms with van der Waals surface area (Å²) in [6, 6.07) is 16.2. The SMILES string of the molecule is COc1ccc(/C=C(/C(=O)N2CCc3ccc(C(=O)NO)cc3C2)c2ccc(F)cc2)c(OC)c1. The number of amides is 2. The number of rotatable bonds is 6. The molecule has 0 radical (unpaired) electrons. The van der Waals surface area contributed by atoms with Gasteiger partial charge in [0.2, 0.25) is 0 Å². The number of hydrogen-bond acceptors (Lipinski definition) is 5. The molecule has 180 valence electrons. The van der Waals surface area contributed by atoms with Gasteiger partial charge in [-0.2, -0.15) is 0 Å². The number of fused-ring (bicyclic) bond motifs is 1. The first-order valence-electron chi connectivity index (χ1n) is 11.0. The monoisotopic (exact) mass is 476 g/mol. The molecule has 0 saturated carbocycles. The predicted octanol–water partition coefficient (Wildman–Crippen LogP) is 4.09. The van der Waals surface area contributed by atoms with Gasteiger partial charge in [-0.05, 0) is 65.6 Å². The lowest BCUT2D eigenvalue weighted by Crippen LogP contribution is -2.36. The van der Waals surface area contributed by atoms with E-state index in [9.17, 15) is 14.0 Å². The highest BCUT2D eigenvalue weighted by Gasteiger charge is 2.25. The summed E-state index contributed by atoms with van der Waals surface area (Å²) in [5, 5.41) is 8.95. The van der Waals surface area contributed by atoms with Crippen LogP contribution in [0.3, 0.4) is 0 Å². The number of nitrogens with one attached hydrogen (secondary N) is 1. The molecule has 0 atom stereocenters. The number of hydrogen-bond donors (Lipinski definition) is 2. The van der Waals surface area contributed by atoms with E-state index in [2.05, 4.69) is 0 Å². The van der Waals surface area contributed by atoms with Crippen molar-refractivity contribution in [3.63, 3.8) is 0 Å². The number of hydroxylamine groups is 1. The zero-order valence-corrected chi connectivity index (χ0v) is 19.4. The van der Waals surface area contributed by atoms with Gasteiger partial charge >= 0.3 is 0 Å². The Kier molecular flexibility index (Phi) is 7.12. The molecule has 3 aromatic rings. The van der Waals surface area contributed by atoms with Crippen LogP contribution in [0.1, 0.15) is 32.6 Å². The van der Waals surface area contributed by atoms with E-state index in [0.717, 1.165) is 11.1 Å². The molecule has 2 N–H and O–H groups in total. The van der Waals surface area contributed by atoms with Crippen molar-refractivity contribution >= 4 is 23.5 Å². The first-order chi connectivity index (χ1) is 16.9. The molecular formula is C27H25FN2O5. The maximum Gasteiger partial charge on any atom is 0.274 e. The van der Waals surface area contributed by atoms with Crippen molar-refractivity contribution in [3.8, 4) is 11.5 Å². The first kappa shape index (κ1) is 24.0. The molecule has 3 aromatic carbocycles. The third kappa shape index (κ3) is 5.17. The number of ether oxygens (including phenoxy) is 2. The van der Waals surface area contributed by atoms with E-state index in [4.69, 9.17) is 14.7 Å². The Morgan fingerprint density at radius 2 is 1.71 bits per heavy atom. The molecule has 0 aliphatic carbocycles.